The molecular formula is C34H55N9O6S. The Labute approximate surface area is 298 Å². The molecule has 6 fully saturated rings. The van der Waals surface area contributed by atoms with Crippen LogP contribution in [0.4, 0.5) is 0 Å². The summed E-state index contributed by atoms with van der Waals surface area (Å²) in [5.41, 5.74) is 12.2. The number of carboxylic acids is 1. The summed E-state index contributed by atoms with van der Waals surface area (Å²) in [5, 5.41) is 22.1. The van der Waals surface area contributed by atoms with Gasteiger partial charge in [0.05, 0.1) is 29.5 Å². The summed E-state index contributed by atoms with van der Waals surface area (Å²) >= 11 is 1.92. The third kappa shape index (κ3) is 7.58. The Bertz CT molecular complexity index is 1290. The number of fused-ring (bicyclic) bond motifs is 2. The second-order valence-corrected chi connectivity index (χ2v) is 16.5. The largest absolute Gasteiger partial charge is 0.479 e. The minimum atomic E-state index is -1.37. The number of hydrogen-bond acceptors (Lipinski definition) is 12. The zero-order valence-corrected chi connectivity index (χ0v) is 29.8. The van der Waals surface area contributed by atoms with E-state index in [-0.39, 0.29) is 53.7 Å². The number of carbonyl (C=O) groups is 4. The quantitative estimate of drug-likeness (QED) is 0.159. The number of aliphatic carboxylic acids is 1. The number of amides is 3. The maximum atomic E-state index is 14.6. The van der Waals surface area contributed by atoms with E-state index in [4.69, 9.17) is 4.74 Å². The third-order valence-electron chi connectivity index (χ3n) is 12.1. The Morgan fingerprint density at radius 3 is 2.54 bits per heavy atom. The molecule has 278 valence electrons. The van der Waals surface area contributed by atoms with Crippen molar-refractivity contribution in [3.8, 4) is 0 Å². The van der Waals surface area contributed by atoms with Crippen LogP contribution in [0.2, 0.25) is 0 Å². The van der Waals surface area contributed by atoms with Gasteiger partial charge in [0.2, 0.25) is 17.7 Å². The fourth-order valence-corrected chi connectivity index (χ4v) is 10.1. The summed E-state index contributed by atoms with van der Waals surface area (Å²) in [5.74, 6) is -1.10. The first-order valence-electron chi connectivity index (χ1n) is 18.8. The molecule has 2 aliphatic carbocycles. The van der Waals surface area contributed by atoms with Crippen LogP contribution in [0.5, 0.6) is 0 Å². The van der Waals surface area contributed by atoms with Gasteiger partial charge >= 0.3 is 5.97 Å². The molecule has 0 aromatic heterocycles. The van der Waals surface area contributed by atoms with Gasteiger partial charge < -0.3 is 30.7 Å². The van der Waals surface area contributed by atoms with Crippen LogP contribution >= 0.6 is 11.8 Å². The highest BCUT2D eigenvalue weighted by Gasteiger charge is 2.61. The van der Waals surface area contributed by atoms with Crippen molar-refractivity contribution in [2.75, 3.05) is 39.0 Å². The number of allylic oxidation sites excluding steroid dienone is 1. The van der Waals surface area contributed by atoms with Crippen LogP contribution in [0.15, 0.2) is 12.2 Å². The zero-order valence-electron chi connectivity index (χ0n) is 29.0. The Kier molecular flexibility index (Phi) is 11.4. The molecule has 5 heterocycles. The van der Waals surface area contributed by atoms with E-state index in [0.717, 1.165) is 63.7 Å². The normalized spacial score (nSPS) is 41.1. The van der Waals surface area contributed by atoms with E-state index in [2.05, 4.69) is 37.7 Å². The van der Waals surface area contributed by atoms with Crippen molar-refractivity contribution in [3.05, 3.63) is 12.2 Å². The average Bonchev–Trinajstić information content (AvgIpc) is 3.77. The highest BCUT2D eigenvalue weighted by Crippen LogP contribution is 2.45. The molecule has 2 saturated carbocycles. The molecule has 3 amide bonds. The number of nitrogens with zero attached hydrogens (tertiary/aromatic N) is 2. The minimum Gasteiger partial charge on any atom is -0.479 e. The number of nitrogens with one attached hydrogen (secondary N) is 7. The lowest BCUT2D eigenvalue weighted by Gasteiger charge is -2.35. The van der Waals surface area contributed by atoms with Gasteiger partial charge in [-0.15, -0.1) is 11.8 Å². The first-order valence-corrected chi connectivity index (χ1v) is 19.8. The fraction of sp³-hybridized carbons (Fsp3) is 0.824. The van der Waals surface area contributed by atoms with Gasteiger partial charge in [0.15, 0.2) is 0 Å². The fourth-order valence-electron chi connectivity index (χ4n) is 8.95. The summed E-state index contributed by atoms with van der Waals surface area (Å²) in [7, 11) is 1.79. The SMILES string of the molecule is COC1CCC(C2NN([C@@H]3C[C@H]4C(=O)N[C@]5(C(=O)O)C[C@H]5/C=C\CCCCC[C@H](NC(=O)C5CNNC5)C(=O)N4C3)NC2C2NCCS2)CC1. The third-order valence-corrected chi connectivity index (χ3v) is 13.4. The highest BCUT2D eigenvalue weighted by atomic mass is 32.2. The molecule has 0 aromatic carbocycles. The monoisotopic (exact) mass is 717 g/mol. The summed E-state index contributed by atoms with van der Waals surface area (Å²) in [6, 6.07) is -1.64. The molecule has 16 heteroatoms. The van der Waals surface area contributed by atoms with Gasteiger partial charge in [-0.05, 0) is 63.7 Å². The molecule has 7 aliphatic rings. The second kappa shape index (κ2) is 15.7. The van der Waals surface area contributed by atoms with Crippen molar-refractivity contribution >= 4 is 35.5 Å². The van der Waals surface area contributed by atoms with Crippen molar-refractivity contribution in [1.82, 2.24) is 47.7 Å². The number of ether oxygens (including phenoxy) is 1. The molecule has 15 nitrogen and oxygen atoms in total. The summed E-state index contributed by atoms with van der Waals surface area (Å²) in [6.07, 6.45) is 12.8. The van der Waals surface area contributed by atoms with E-state index in [1.807, 2.05) is 29.0 Å². The Balaban J connectivity index is 1.14. The number of carbonyl (C=O) groups excluding carboxylic acids is 3. The topological polar surface area (TPSA) is 188 Å². The Morgan fingerprint density at radius 1 is 1.04 bits per heavy atom. The first kappa shape index (κ1) is 36.1. The number of hydrazine groups is 3. The molecule has 50 heavy (non-hydrogen) atoms. The molecule has 5 aliphatic heterocycles. The lowest BCUT2D eigenvalue weighted by Crippen LogP contribution is -2.57. The van der Waals surface area contributed by atoms with Gasteiger partial charge in [0.1, 0.15) is 17.6 Å². The minimum absolute atomic E-state index is 0.115. The van der Waals surface area contributed by atoms with E-state index >= 15 is 0 Å². The van der Waals surface area contributed by atoms with Gasteiger partial charge in [-0.1, -0.05) is 25.0 Å². The molecule has 0 bridgehead atoms. The summed E-state index contributed by atoms with van der Waals surface area (Å²) < 4.78 is 5.66. The van der Waals surface area contributed by atoms with Gasteiger partial charge in [-0.2, -0.15) is 5.12 Å². The maximum absolute atomic E-state index is 14.6. The van der Waals surface area contributed by atoms with E-state index in [1.54, 1.807) is 12.0 Å². The van der Waals surface area contributed by atoms with E-state index in [0.29, 0.717) is 44.4 Å². The predicted octanol–water partition coefficient (Wildman–Crippen LogP) is -0.426. The molecule has 0 spiro atoms. The van der Waals surface area contributed by atoms with Gasteiger partial charge in [0, 0.05) is 51.0 Å². The predicted molar refractivity (Wildman–Crippen MR) is 187 cm³/mol. The average molecular weight is 718 g/mol. The number of hydrogen-bond donors (Lipinski definition) is 8. The lowest BCUT2D eigenvalue weighted by atomic mass is 9.80. The highest BCUT2D eigenvalue weighted by molar-refractivity contribution is 8.00. The van der Waals surface area contributed by atoms with Crippen LogP contribution in [0, 0.1) is 17.8 Å². The Morgan fingerprint density at radius 2 is 1.82 bits per heavy atom. The zero-order chi connectivity index (χ0) is 34.8. The van der Waals surface area contributed by atoms with Crippen molar-refractivity contribution in [2.45, 2.75) is 118 Å². The number of carboxylic acid groups (broad SMARTS) is 1. The summed E-state index contributed by atoms with van der Waals surface area (Å²) in [6.45, 7) is 2.17. The Hall–Kier alpha value is -2.31. The van der Waals surface area contributed by atoms with Crippen LogP contribution < -0.4 is 37.7 Å². The van der Waals surface area contributed by atoms with Crippen molar-refractivity contribution < 1.29 is 29.0 Å². The van der Waals surface area contributed by atoms with Crippen molar-refractivity contribution in [2.24, 2.45) is 17.8 Å². The second-order valence-electron chi connectivity index (χ2n) is 15.3. The summed E-state index contributed by atoms with van der Waals surface area (Å²) in [4.78, 5) is 56.2. The molecule has 8 atom stereocenters. The molecule has 7 rings (SSSR count). The van der Waals surface area contributed by atoms with Crippen molar-refractivity contribution in [1.29, 1.82) is 0 Å². The van der Waals surface area contributed by atoms with Crippen LogP contribution in [0.25, 0.3) is 0 Å². The van der Waals surface area contributed by atoms with E-state index in [9.17, 15) is 24.3 Å². The van der Waals surface area contributed by atoms with Crippen LogP contribution in [-0.2, 0) is 23.9 Å². The smallest absolute Gasteiger partial charge is 0.330 e. The number of methoxy groups -OCH3 is 1. The van der Waals surface area contributed by atoms with Crippen LogP contribution in [-0.4, -0.2) is 125 Å². The van der Waals surface area contributed by atoms with Gasteiger partial charge in [-0.3, -0.25) is 25.2 Å². The molecule has 3 unspecified atom stereocenters. The van der Waals surface area contributed by atoms with E-state index in [1.165, 1.54) is 0 Å². The van der Waals surface area contributed by atoms with Gasteiger partial charge in [0.25, 0.3) is 0 Å². The molecule has 4 saturated heterocycles. The van der Waals surface area contributed by atoms with Crippen molar-refractivity contribution in [3.63, 3.8) is 0 Å². The molecular weight excluding hydrogens is 662 g/mol. The first-order chi connectivity index (χ1) is 24.3. The standard InChI is InChI=1S/C34H55N9O6S/c1-49-24-11-9-20(10-12-24)27-28(31-35-13-14-50-31)41-43(40-27)23-15-26-30(45)39-34(33(47)48)16-22(34)7-5-3-2-4-6-8-25(32(46)42(26)19-23)38-29(44)21-17-36-37-18-21/h5,7,20-28,31,35-37,40-41H,2-4,6,8-19H2,1H3,(H,38,44)(H,39,45)(H,47,48)/b7-5-/t20?,22-,23-,24?,25+,26+,27?,28?,31?,34-/m1/s1. The van der Waals surface area contributed by atoms with Gasteiger partial charge in [-0.25, -0.2) is 15.6 Å². The number of rotatable bonds is 7. The molecule has 0 radical (unpaired) electrons. The van der Waals surface area contributed by atoms with Crippen LogP contribution in [0.1, 0.15) is 70.6 Å². The van der Waals surface area contributed by atoms with E-state index < -0.39 is 29.5 Å². The maximum Gasteiger partial charge on any atom is 0.330 e. The number of thioether (sulfide) groups is 1. The lowest BCUT2D eigenvalue weighted by molar-refractivity contribution is -0.146. The molecule has 0 aromatic rings. The van der Waals surface area contributed by atoms with Crippen LogP contribution in [0.3, 0.4) is 0 Å². The molecule has 8 N–H and O–H groups in total.